The molecule has 4 aromatic rings. The molecule has 34 heavy (non-hydrogen) atoms. The fourth-order valence-corrected chi connectivity index (χ4v) is 4.37. The number of furan rings is 1. The second-order valence-electron chi connectivity index (χ2n) is 7.37. The van der Waals surface area contributed by atoms with Crippen molar-refractivity contribution in [1.82, 2.24) is 5.32 Å². The van der Waals surface area contributed by atoms with Gasteiger partial charge in [-0.1, -0.05) is 35.9 Å². The highest BCUT2D eigenvalue weighted by Gasteiger charge is 2.17. The standard InChI is InChI=1S/C25H20ClN3O4S/c1-15-13-21(29-23(30)18-5-2-3-6-19(18)26)34-22(15)25(32)27-14-16-8-10-17(11-9-16)28-24(31)20-7-4-12-33-20/h2-13H,14H2,1H3,(H,27,32)(H,28,31)(H,29,30). The third kappa shape index (κ3) is 5.54. The number of hydrogen-bond acceptors (Lipinski definition) is 5. The number of benzene rings is 2. The number of hydrogen-bond donors (Lipinski definition) is 3. The van der Waals surface area contributed by atoms with Crippen molar-refractivity contribution in [3.05, 3.63) is 105 Å². The summed E-state index contributed by atoms with van der Waals surface area (Å²) in [4.78, 5) is 37.7. The zero-order chi connectivity index (χ0) is 24.1. The molecule has 0 bridgehead atoms. The van der Waals surface area contributed by atoms with Crippen LogP contribution in [-0.2, 0) is 6.54 Å². The van der Waals surface area contributed by atoms with Crippen molar-refractivity contribution in [2.45, 2.75) is 13.5 Å². The van der Waals surface area contributed by atoms with Crippen LogP contribution in [0.1, 0.15) is 41.7 Å². The Labute approximate surface area is 204 Å². The topological polar surface area (TPSA) is 100 Å². The minimum Gasteiger partial charge on any atom is -0.459 e. The van der Waals surface area contributed by atoms with Crippen LogP contribution < -0.4 is 16.0 Å². The summed E-state index contributed by atoms with van der Waals surface area (Å²) in [5.41, 5.74) is 2.60. The van der Waals surface area contributed by atoms with Gasteiger partial charge in [0.05, 0.1) is 26.7 Å². The molecule has 4 rings (SSSR count). The summed E-state index contributed by atoms with van der Waals surface area (Å²) in [6.07, 6.45) is 1.44. The Hall–Kier alpha value is -3.88. The van der Waals surface area contributed by atoms with Crippen LogP contribution in [0.2, 0.25) is 5.02 Å². The van der Waals surface area contributed by atoms with E-state index in [9.17, 15) is 14.4 Å². The predicted molar refractivity (Wildman–Crippen MR) is 133 cm³/mol. The monoisotopic (exact) mass is 493 g/mol. The number of thiophene rings is 1. The second kappa shape index (κ2) is 10.4. The van der Waals surface area contributed by atoms with E-state index in [1.54, 1.807) is 54.6 Å². The average Bonchev–Trinajstić information content (AvgIpc) is 3.49. The molecule has 0 fully saturated rings. The maximum absolute atomic E-state index is 12.7. The Morgan fingerprint density at radius 1 is 0.912 bits per heavy atom. The van der Waals surface area contributed by atoms with Crippen molar-refractivity contribution in [2.24, 2.45) is 0 Å². The molecule has 0 aliphatic rings. The van der Waals surface area contributed by atoms with Crippen LogP contribution in [0.4, 0.5) is 10.7 Å². The average molecular weight is 494 g/mol. The van der Waals surface area contributed by atoms with E-state index >= 15 is 0 Å². The highest BCUT2D eigenvalue weighted by atomic mass is 35.5. The molecule has 0 saturated heterocycles. The number of amides is 3. The van der Waals surface area contributed by atoms with Crippen LogP contribution in [0.5, 0.6) is 0 Å². The smallest absolute Gasteiger partial charge is 0.291 e. The fraction of sp³-hybridized carbons (Fsp3) is 0.0800. The van der Waals surface area contributed by atoms with Crippen LogP contribution in [0.3, 0.4) is 0 Å². The van der Waals surface area contributed by atoms with Gasteiger partial charge in [-0.25, -0.2) is 0 Å². The Bertz CT molecular complexity index is 1330. The van der Waals surface area contributed by atoms with E-state index in [4.69, 9.17) is 16.0 Å². The van der Waals surface area contributed by atoms with Crippen molar-refractivity contribution < 1.29 is 18.8 Å². The molecule has 0 atom stereocenters. The van der Waals surface area contributed by atoms with Crippen LogP contribution in [0, 0.1) is 6.92 Å². The second-order valence-corrected chi connectivity index (χ2v) is 8.83. The molecule has 0 radical (unpaired) electrons. The highest BCUT2D eigenvalue weighted by Crippen LogP contribution is 2.28. The van der Waals surface area contributed by atoms with Crippen LogP contribution in [0.25, 0.3) is 0 Å². The third-order valence-electron chi connectivity index (χ3n) is 4.89. The van der Waals surface area contributed by atoms with Crippen LogP contribution >= 0.6 is 22.9 Å². The molecule has 9 heteroatoms. The molecule has 0 aliphatic carbocycles. The van der Waals surface area contributed by atoms with Gasteiger partial charge in [0, 0.05) is 12.2 Å². The maximum atomic E-state index is 12.7. The highest BCUT2D eigenvalue weighted by molar-refractivity contribution is 7.18. The van der Waals surface area contributed by atoms with Crippen LogP contribution in [-0.4, -0.2) is 17.7 Å². The number of aryl methyl sites for hydroxylation is 1. The number of nitrogens with one attached hydrogen (secondary N) is 3. The summed E-state index contributed by atoms with van der Waals surface area (Å²) in [6.45, 7) is 2.12. The summed E-state index contributed by atoms with van der Waals surface area (Å²) >= 11 is 7.28. The van der Waals surface area contributed by atoms with Gasteiger partial charge in [0.2, 0.25) is 0 Å². The molecule has 0 saturated carbocycles. The van der Waals surface area contributed by atoms with Crippen molar-refractivity contribution in [2.75, 3.05) is 10.6 Å². The first-order valence-electron chi connectivity index (χ1n) is 10.3. The molecule has 2 heterocycles. The van der Waals surface area contributed by atoms with Gasteiger partial charge in [-0.3, -0.25) is 14.4 Å². The summed E-state index contributed by atoms with van der Waals surface area (Å²) in [7, 11) is 0. The molecular weight excluding hydrogens is 474 g/mol. The van der Waals surface area contributed by atoms with E-state index in [1.165, 1.54) is 17.6 Å². The van der Waals surface area contributed by atoms with Crippen molar-refractivity contribution in [1.29, 1.82) is 0 Å². The van der Waals surface area contributed by atoms with E-state index in [-0.39, 0.29) is 23.5 Å². The van der Waals surface area contributed by atoms with Gasteiger partial charge in [-0.05, 0) is 60.5 Å². The maximum Gasteiger partial charge on any atom is 0.291 e. The van der Waals surface area contributed by atoms with E-state index < -0.39 is 0 Å². The Balaban J connectivity index is 1.33. The molecule has 0 aliphatic heterocycles. The molecule has 2 aromatic heterocycles. The van der Waals surface area contributed by atoms with Crippen LogP contribution in [0.15, 0.2) is 77.4 Å². The largest absolute Gasteiger partial charge is 0.459 e. The molecule has 2 aromatic carbocycles. The molecule has 172 valence electrons. The summed E-state index contributed by atoms with van der Waals surface area (Å²) < 4.78 is 5.07. The lowest BCUT2D eigenvalue weighted by Gasteiger charge is -2.07. The van der Waals surface area contributed by atoms with Gasteiger partial charge in [0.15, 0.2) is 5.76 Å². The van der Waals surface area contributed by atoms with E-state index in [2.05, 4.69) is 16.0 Å². The lowest BCUT2D eigenvalue weighted by molar-refractivity contribution is 0.0952. The summed E-state index contributed by atoms with van der Waals surface area (Å²) in [6, 6.07) is 18.9. The first kappa shape index (κ1) is 23.3. The van der Waals surface area contributed by atoms with Gasteiger partial charge >= 0.3 is 0 Å². The first-order valence-corrected chi connectivity index (χ1v) is 11.5. The Morgan fingerprint density at radius 3 is 2.38 bits per heavy atom. The predicted octanol–water partition coefficient (Wildman–Crippen LogP) is 5.74. The number of anilines is 2. The summed E-state index contributed by atoms with van der Waals surface area (Å²) in [5, 5.41) is 9.34. The van der Waals surface area contributed by atoms with Crippen molar-refractivity contribution in [3.63, 3.8) is 0 Å². The van der Waals surface area contributed by atoms with E-state index in [1.807, 2.05) is 19.1 Å². The van der Waals surface area contributed by atoms with Crippen molar-refractivity contribution in [3.8, 4) is 0 Å². The number of carbonyl (C=O) groups is 3. The normalized spacial score (nSPS) is 10.5. The molecule has 3 N–H and O–H groups in total. The summed E-state index contributed by atoms with van der Waals surface area (Å²) in [5.74, 6) is -0.685. The number of halogens is 1. The zero-order valence-electron chi connectivity index (χ0n) is 18.1. The van der Waals surface area contributed by atoms with Gasteiger partial charge in [-0.2, -0.15) is 0 Å². The van der Waals surface area contributed by atoms with Gasteiger partial charge < -0.3 is 20.4 Å². The van der Waals surface area contributed by atoms with Crippen molar-refractivity contribution >= 4 is 51.3 Å². The van der Waals surface area contributed by atoms with Gasteiger partial charge in [-0.15, -0.1) is 11.3 Å². The Kier molecular flexibility index (Phi) is 7.10. The van der Waals surface area contributed by atoms with Gasteiger partial charge in [0.25, 0.3) is 17.7 Å². The SMILES string of the molecule is Cc1cc(NC(=O)c2ccccc2Cl)sc1C(=O)NCc1ccc(NC(=O)c2ccco2)cc1. The molecule has 7 nitrogen and oxygen atoms in total. The first-order chi connectivity index (χ1) is 16.4. The fourth-order valence-electron chi connectivity index (χ4n) is 3.16. The Morgan fingerprint density at radius 2 is 1.68 bits per heavy atom. The number of carbonyl (C=O) groups excluding carboxylic acids is 3. The van der Waals surface area contributed by atoms with E-state index in [0.717, 1.165) is 11.1 Å². The molecule has 3 amide bonds. The third-order valence-corrected chi connectivity index (χ3v) is 6.37. The lowest BCUT2D eigenvalue weighted by atomic mass is 10.2. The zero-order valence-corrected chi connectivity index (χ0v) is 19.6. The quantitative estimate of drug-likeness (QED) is 0.305. The minimum absolute atomic E-state index is 0.227. The molecular formula is C25H20ClN3O4S. The van der Waals surface area contributed by atoms with E-state index in [0.29, 0.717) is 32.7 Å². The molecule has 0 spiro atoms. The lowest BCUT2D eigenvalue weighted by Crippen LogP contribution is -2.22. The van der Waals surface area contributed by atoms with Gasteiger partial charge in [0.1, 0.15) is 0 Å². The number of rotatable bonds is 7. The molecule has 0 unspecified atom stereocenters. The minimum atomic E-state index is -0.336.